The van der Waals surface area contributed by atoms with Crippen LogP contribution in [0.25, 0.3) is 0 Å². The van der Waals surface area contributed by atoms with E-state index >= 15 is 0 Å². The minimum Gasteiger partial charge on any atom is -0.497 e. The van der Waals surface area contributed by atoms with Gasteiger partial charge in [-0.3, -0.25) is 0 Å². The molecule has 2 rings (SSSR count). The maximum atomic E-state index is 5.84. The molecule has 0 aliphatic carbocycles. The number of aryl methyl sites for hydroxylation is 1. The zero-order valence-electron chi connectivity index (χ0n) is 12.2. The molecule has 0 spiro atoms. The van der Waals surface area contributed by atoms with E-state index in [0.717, 1.165) is 24.6 Å². The van der Waals surface area contributed by atoms with Crippen LogP contribution >= 0.6 is 11.3 Å². The molecule has 2 aromatic rings. The van der Waals surface area contributed by atoms with Crippen LogP contribution in [0.5, 0.6) is 11.5 Å². The Labute approximate surface area is 124 Å². The van der Waals surface area contributed by atoms with E-state index in [9.17, 15) is 0 Å². The molecule has 0 bridgehead atoms. The molecule has 4 heteroatoms. The Balaban J connectivity index is 1.97. The van der Waals surface area contributed by atoms with Crippen LogP contribution in [0, 0.1) is 6.92 Å². The van der Waals surface area contributed by atoms with Crippen molar-refractivity contribution in [3.8, 4) is 11.5 Å². The molecule has 0 saturated heterocycles. The Hall–Kier alpha value is -1.52. The fourth-order valence-electron chi connectivity index (χ4n) is 1.92. The van der Waals surface area contributed by atoms with Crippen molar-refractivity contribution in [2.45, 2.75) is 27.0 Å². The van der Waals surface area contributed by atoms with Gasteiger partial charge in [-0.15, -0.1) is 11.3 Å². The average Bonchev–Trinajstić information content (AvgIpc) is 2.83. The minimum absolute atomic E-state index is 0.599. The Morgan fingerprint density at radius 1 is 1.20 bits per heavy atom. The summed E-state index contributed by atoms with van der Waals surface area (Å²) in [7, 11) is 1.66. The summed E-state index contributed by atoms with van der Waals surface area (Å²) in [6.07, 6.45) is 0. The largest absolute Gasteiger partial charge is 0.497 e. The first-order valence-electron chi connectivity index (χ1n) is 6.78. The van der Waals surface area contributed by atoms with Gasteiger partial charge < -0.3 is 14.8 Å². The number of methoxy groups -OCH3 is 1. The third kappa shape index (κ3) is 3.99. The van der Waals surface area contributed by atoms with Gasteiger partial charge in [-0.05, 0) is 31.7 Å². The van der Waals surface area contributed by atoms with Crippen molar-refractivity contribution in [2.75, 3.05) is 13.7 Å². The Kier molecular flexibility index (Phi) is 5.44. The van der Waals surface area contributed by atoms with Gasteiger partial charge in [0.1, 0.15) is 18.1 Å². The van der Waals surface area contributed by atoms with Crippen LogP contribution < -0.4 is 14.8 Å². The standard InChI is InChI=1S/C16H21NO2S/c1-4-17-10-16-8-13(12(2)20-16)11-19-15-7-5-6-14(9-15)18-3/h5-9,17H,4,10-11H2,1-3H3. The van der Waals surface area contributed by atoms with Crippen molar-refractivity contribution < 1.29 is 9.47 Å². The van der Waals surface area contributed by atoms with Gasteiger partial charge in [-0.1, -0.05) is 13.0 Å². The number of thiophene rings is 1. The first kappa shape index (κ1) is 14.9. The fraction of sp³-hybridized carbons (Fsp3) is 0.375. The van der Waals surface area contributed by atoms with Crippen LogP contribution in [0.1, 0.15) is 22.2 Å². The highest BCUT2D eigenvalue weighted by Gasteiger charge is 2.06. The number of rotatable bonds is 7. The predicted molar refractivity (Wildman–Crippen MR) is 83.8 cm³/mol. The molecule has 0 atom stereocenters. The summed E-state index contributed by atoms with van der Waals surface area (Å²) in [5.41, 5.74) is 1.26. The lowest BCUT2D eigenvalue weighted by Gasteiger charge is -2.07. The van der Waals surface area contributed by atoms with Crippen molar-refractivity contribution in [3.63, 3.8) is 0 Å². The molecular weight excluding hydrogens is 270 g/mol. The number of hydrogen-bond acceptors (Lipinski definition) is 4. The third-order valence-corrected chi connectivity index (χ3v) is 4.15. The lowest BCUT2D eigenvalue weighted by molar-refractivity contribution is 0.303. The molecule has 20 heavy (non-hydrogen) atoms. The fourth-order valence-corrected chi connectivity index (χ4v) is 2.94. The molecule has 0 saturated carbocycles. The summed E-state index contributed by atoms with van der Waals surface area (Å²) >= 11 is 1.83. The van der Waals surface area contributed by atoms with E-state index in [4.69, 9.17) is 9.47 Å². The van der Waals surface area contributed by atoms with Gasteiger partial charge in [-0.25, -0.2) is 0 Å². The summed E-state index contributed by atoms with van der Waals surface area (Å²) < 4.78 is 11.0. The normalized spacial score (nSPS) is 10.6. The topological polar surface area (TPSA) is 30.5 Å². The van der Waals surface area contributed by atoms with Gasteiger partial charge in [0.2, 0.25) is 0 Å². The molecule has 1 aromatic heterocycles. The van der Waals surface area contributed by atoms with Gasteiger partial charge in [-0.2, -0.15) is 0 Å². The zero-order chi connectivity index (χ0) is 14.4. The molecule has 0 radical (unpaired) electrons. The van der Waals surface area contributed by atoms with Crippen LogP contribution in [0.15, 0.2) is 30.3 Å². The molecule has 108 valence electrons. The highest BCUT2D eigenvalue weighted by Crippen LogP contribution is 2.24. The molecule has 1 N–H and O–H groups in total. The lowest BCUT2D eigenvalue weighted by Crippen LogP contribution is -2.10. The number of ether oxygens (including phenoxy) is 2. The second kappa shape index (κ2) is 7.31. The van der Waals surface area contributed by atoms with E-state index in [2.05, 4.69) is 25.2 Å². The van der Waals surface area contributed by atoms with E-state index in [1.807, 2.05) is 35.6 Å². The highest BCUT2D eigenvalue weighted by molar-refractivity contribution is 7.12. The smallest absolute Gasteiger partial charge is 0.123 e. The second-order valence-electron chi connectivity index (χ2n) is 4.54. The number of hydrogen-bond donors (Lipinski definition) is 1. The Morgan fingerprint density at radius 3 is 2.75 bits per heavy atom. The highest BCUT2D eigenvalue weighted by atomic mass is 32.1. The van der Waals surface area contributed by atoms with Gasteiger partial charge in [0, 0.05) is 27.9 Å². The maximum absolute atomic E-state index is 5.84. The summed E-state index contributed by atoms with van der Waals surface area (Å²) in [5, 5.41) is 3.35. The minimum atomic E-state index is 0.599. The van der Waals surface area contributed by atoms with E-state index < -0.39 is 0 Å². The van der Waals surface area contributed by atoms with Gasteiger partial charge >= 0.3 is 0 Å². The SMILES string of the molecule is CCNCc1cc(COc2cccc(OC)c2)c(C)s1. The van der Waals surface area contributed by atoms with Gasteiger partial charge in [0.15, 0.2) is 0 Å². The molecule has 0 fully saturated rings. The average molecular weight is 291 g/mol. The van der Waals surface area contributed by atoms with Crippen molar-refractivity contribution in [1.29, 1.82) is 0 Å². The summed E-state index contributed by atoms with van der Waals surface area (Å²) in [5.74, 6) is 1.65. The lowest BCUT2D eigenvalue weighted by atomic mass is 10.2. The summed E-state index contributed by atoms with van der Waals surface area (Å²) in [4.78, 5) is 2.68. The van der Waals surface area contributed by atoms with Crippen molar-refractivity contribution >= 4 is 11.3 Å². The van der Waals surface area contributed by atoms with Crippen LogP contribution in [0.3, 0.4) is 0 Å². The molecule has 0 amide bonds. The second-order valence-corrected chi connectivity index (χ2v) is 5.88. The van der Waals surface area contributed by atoms with Crippen molar-refractivity contribution in [3.05, 3.63) is 45.6 Å². The van der Waals surface area contributed by atoms with Gasteiger partial charge in [0.25, 0.3) is 0 Å². The monoisotopic (exact) mass is 291 g/mol. The summed E-state index contributed by atoms with van der Waals surface area (Å²) in [6, 6.07) is 9.93. The van der Waals surface area contributed by atoms with Gasteiger partial charge in [0.05, 0.1) is 7.11 Å². The third-order valence-electron chi connectivity index (χ3n) is 3.06. The van der Waals surface area contributed by atoms with Crippen molar-refractivity contribution in [1.82, 2.24) is 5.32 Å². The quantitative estimate of drug-likeness (QED) is 0.842. The summed E-state index contributed by atoms with van der Waals surface area (Å²) in [6.45, 7) is 6.78. The van der Waals surface area contributed by atoms with Crippen LogP contribution in [0.4, 0.5) is 0 Å². The number of nitrogens with one attached hydrogen (secondary N) is 1. The van der Waals surface area contributed by atoms with Crippen LogP contribution in [-0.4, -0.2) is 13.7 Å². The molecular formula is C16H21NO2S. The van der Waals surface area contributed by atoms with E-state index in [-0.39, 0.29) is 0 Å². The zero-order valence-corrected chi connectivity index (χ0v) is 13.0. The first-order valence-corrected chi connectivity index (χ1v) is 7.60. The maximum Gasteiger partial charge on any atom is 0.123 e. The molecule has 0 unspecified atom stereocenters. The molecule has 3 nitrogen and oxygen atoms in total. The van der Waals surface area contributed by atoms with Crippen LogP contribution in [-0.2, 0) is 13.2 Å². The first-order chi connectivity index (χ1) is 9.72. The van der Waals surface area contributed by atoms with E-state index in [1.165, 1.54) is 15.3 Å². The molecule has 0 aliphatic rings. The molecule has 1 aromatic carbocycles. The Bertz CT molecular complexity index is 551. The van der Waals surface area contributed by atoms with Crippen molar-refractivity contribution in [2.24, 2.45) is 0 Å². The Morgan fingerprint density at radius 2 is 2.00 bits per heavy atom. The van der Waals surface area contributed by atoms with Crippen LogP contribution in [0.2, 0.25) is 0 Å². The molecule has 1 heterocycles. The van der Waals surface area contributed by atoms with E-state index in [1.54, 1.807) is 7.11 Å². The number of benzene rings is 1. The molecule has 0 aliphatic heterocycles. The van der Waals surface area contributed by atoms with E-state index in [0.29, 0.717) is 6.61 Å². The predicted octanol–water partition coefficient (Wildman–Crippen LogP) is 3.75.